The number of rotatable bonds is 20. The monoisotopic (exact) mass is 1410 g/mol. The summed E-state index contributed by atoms with van der Waals surface area (Å²) in [6.07, 6.45) is 0.155. The van der Waals surface area contributed by atoms with Gasteiger partial charge in [-0.3, -0.25) is 29.0 Å². The summed E-state index contributed by atoms with van der Waals surface area (Å²) in [5.74, 6) is -2.71. The van der Waals surface area contributed by atoms with Gasteiger partial charge in [-0.1, -0.05) is 110 Å². The van der Waals surface area contributed by atoms with Crippen molar-refractivity contribution in [2.24, 2.45) is 22.9 Å². The highest BCUT2D eigenvalue weighted by molar-refractivity contribution is 9.10. The van der Waals surface area contributed by atoms with Crippen LogP contribution in [0, 0.1) is 11.6 Å². The molecule has 5 atom stereocenters. The van der Waals surface area contributed by atoms with Crippen molar-refractivity contribution in [1.82, 2.24) is 0 Å². The Morgan fingerprint density at radius 3 is 1.42 bits per heavy atom. The number of hydrogen-bond donors (Lipinski definition) is 4. The van der Waals surface area contributed by atoms with E-state index in [1.807, 2.05) is 121 Å². The number of Topliss-reactive ketones (excluding diaryl/α,β-unsaturated/α-hetero) is 3. The molecule has 8 rings (SSSR count). The number of benzene rings is 5. The molecule has 3 fully saturated rings. The number of primary amides is 3. The van der Waals surface area contributed by atoms with Gasteiger partial charge < -0.3 is 51.5 Å². The summed E-state index contributed by atoms with van der Waals surface area (Å²) in [6.45, 7) is 17.1. The van der Waals surface area contributed by atoms with Crippen LogP contribution >= 0.6 is 47.8 Å². The molecule has 8 N–H and O–H groups in total. The van der Waals surface area contributed by atoms with E-state index in [1.165, 1.54) is 41.3 Å². The fraction of sp³-hybridized carbons (Fsp3) is 0.415. The second-order valence-corrected chi connectivity index (χ2v) is 25.0. The van der Waals surface area contributed by atoms with Crippen molar-refractivity contribution >= 4 is 106 Å². The number of alkyl halides is 1. The van der Waals surface area contributed by atoms with Crippen molar-refractivity contribution < 1.29 is 66.1 Å². The van der Waals surface area contributed by atoms with Crippen LogP contribution in [-0.2, 0) is 47.7 Å². The van der Waals surface area contributed by atoms with Crippen molar-refractivity contribution in [1.29, 1.82) is 0 Å². The topological polar surface area (TPSA) is 284 Å². The molecular weight excluding hydrogens is 1330 g/mol. The number of ether oxygens (including phenoxy) is 4. The minimum atomic E-state index is -0.862. The molecule has 0 bridgehead atoms. The van der Waals surface area contributed by atoms with Crippen LogP contribution in [0.4, 0.5) is 29.7 Å². The summed E-state index contributed by atoms with van der Waals surface area (Å²) in [7, 11) is 0. The van der Waals surface area contributed by atoms with E-state index in [-0.39, 0.29) is 70.8 Å². The van der Waals surface area contributed by atoms with E-state index in [9.17, 15) is 47.1 Å². The van der Waals surface area contributed by atoms with E-state index in [1.54, 1.807) is 24.3 Å². The normalized spacial score (nSPS) is 17.4. The Balaban J connectivity index is 0.000000261. The maximum atomic E-state index is 14.9. The van der Waals surface area contributed by atoms with Gasteiger partial charge in [0.25, 0.3) is 5.91 Å². The van der Waals surface area contributed by atoms with E-state index in [4.69, 9.17) is 36.1 Å². The number of hydrogen-bond acceptors (Lipinski definition) is 13. The molecule has 3 aliphatic rings. The average molecular weight is 1410 g/mol. The summed E-state index contributed by atoms with van der Waals surface area (Å²) < 4.78 is 54.0. The fourth-order valence-corrected chi connectivity index (χ4v) is 9.34. The highest BCUT2D eigenvalue weighted by atomic mass is 79.9. The largest absolute Gasteiger partial charge is 0.444 e. The van der Waals surface area contributed by atoms with E-state index < -0.39 is 53.0 Å². The number of ketones is 3. The predicted molar refractivity (Wildman–Crippen MR) is 344 cm³/mol. The van der Waals surface area contributed by atoms with Gasteiger partial charge in [-0.25, -0.2) is 18.4 Å². The van der Waals surface area contributed by atoms with Crippen LogP contribution in [0.2, 0.25) is 0 Å². The molecule has 5 aromatic carbocycles. The number of anilines is 2. The third-order valence-electron chi connectivity index (χ3n) is 14.8. The quantitative estimate of drug-likeness (QED) is 0.0417. The molecule has 476 valence electrons. The molecule has 5 amide bonds. The average Bonchev–Trinajstić information content (AvgIpc) is 1.74. The summed E-state index contributed by atoms with van der Waals surface area (Å²) in [6, 6.07) is 32.5. The Morgan fingerprint density at radius 1 is 0.602 bits per heavy atom. The second kappa shape index (κ2) is 34.3. The summed E-state index contributed by atoms with van der Waals surface area (Å²) in [5, 5.41) is 0.257. The van der Waals surface area contributed by atoms with Gasteiger partial charge >= 0.3 is 12.2 Å². The number of cyclic esters (lactones) is 2. The molecule has 0 spiro atoms. The van der Waals surface area contributed by atoms with Crippen molar-refractivity contribution in [2.45, 2.75) is 155 Å². The first-order valence-electron chi connectivity index (χ1n) is 28.4. The molecule has 5 aromatic rings. The zero-order chi connectivity index (χ0) is 65.8. The van der Waals surface area contributed by atoms with E-state index >= 15 is 0 Å². The van der Waals surface area contributed by atoms with E-state index in [2.05, 4.69) is 53.5 Å². The second-order valence-electron chi connectivity index (χ2n) is 22.6. The van der Waals surface area contributed by atoms with Crippen LogP contribution < -0.4 is 32.7 Å². The SMILES string of the molecule is CC(=O)CC[C@H]1CN(c2ccc(-c3ccc(C(C)CCC(N)=O)cc3)c(F)c2)C(=O)O1.CC(=O)CC[C@H]1CN(c2ccc(C3OC(C)(C)C(C)(C)O3)c(F)c2)C(=O)O1.CC(CC(=O)C(N)=O)c1ccc(Br)cc1.CC(N)c1ccc(Br)cc1.NC(=O)CBr. The molecule has 3 saturated heterocycles. The van der Waals surface area contributed by atoms with Crippen LogP contribution in [-0.4, -0.2) is 89.1 Å². The molecule has 3 aliphatic heterocycles. The number of nitrogens with zero attached hydrogens (tertiary/aromatic N) is 2. The zero-order valence-electron chi connectivity index (χ0n) is 50.9. The summed E-state index contributed by atoms with van der Waals surface area (Å²) in [5.41, 5.74) is 24.7. The molecule has 3 unspecified atom stereocenters. The zero-order valence-corrected chi connectivity index (χ0v) is 55.7. The smallest absolute Gasteiger partial charge is 0.414 e. The highest BCUT2D eigenvalue weighted by Crippen LogP contribution is 2.46. The van der Waals surface area contributed by atoms with Gasteiger partial charge in [0.15, 0.2) is 6.29 Å². The van der Waals surface area contributed by atoms with E-state index in [0.717, 1.165) is 25.6 Å². The molecule has 0 aromatic heterocycles. The molecule has 18 nitrogen and oxygen atoms in total. The van der Waals surface area contributed by atoms with Crippen LogP contribution in [0.1, 0.15) is 154 Å². The van der Waals surface area contributed by atoms with Gasteiger partial charge in [-0.05, 0) is 162 Å². The molecule has 0 radical (unpaired) electrons. The number of carbonyl (C=O) groups is 8. The Hall–Kier alpha value is -6.76. The summed E-state index contributed by atoms with van der Waals surface area (Å²) >= 11 is 9.52. The Kier molecular flexibility index (Phi) is 28.7. The molecule has 3 heterocycles. The van der Waals surface area contributed by atoms with Crippen molar-refractivity contribution in [2.75, 3.05) is 28.2 Å². The lowest BCUT2D eigenvalue weighted by molar-refractivity contribution is -0.136. The predicted octanol–water partition coefficient (Wildman–Crippen LogP) is 13.0. The minimum Gasteiger partial charge on any atom is -0.444 e. The van der Waals surface area contributed by atoms with Crippen molar-refractivity contribution in [3.05, 3.63) is 152 Å². The first kappa shape index (κ1) is 73.7. The lowest BCUT2D eigenvalue weighted by atomic mass is 9.90. The number of amides is 5. The third kappa shape index (κ3) is 23.0. The lowest BCUT2D eigenvalue weighted by Crippen LogP contribution is -2.41. The van der Waals surface area contributed by atoms with E-state index in [0.29, 0.717) is 68.6 Å². The first-order valence-corrected chi connectivity index (χ1v) is 31.1. The number of carbonyl (C=O) groups excluding carboxylic acids is 8. The molecular formula is C65H79Br3F2N6O12. The van der Waals surface area contributed by atoms with Gasteiger partial charge in [0.05, 0.1) is 41.0 Å². The lowest BCUT2D eigenvalue weighted by Gasteiger charge is -2.30. The minimum absolute atomic E-state index is 0.0121. The van der Waals surface area contributed by atoms with Crippen LogP contribution in [0.5, 0.6) is 0 Å². The van der Waals surface area contributed by atoms with Crippen LogP contribution in [0.25, 0.3) is 11.1 Å². The molecule has 23 heteroatoms. The van der Waals surface area contributed by atoms with Gasteiger partial charge in [-0.2, -0.15) is 0 Å². The van der Waals surface area contributed by atoms with Crippen LogP contribution in [0.15, 0.2) is 118 Å². The maximum Gasteiger partial charge on any atom is 0.414 e. The summed E-state index contributed by atoms with van der Waals surface area (Å²) in [4.78, 5) is 91.5. The van der Waals surface area contributed by atoms with Crippen molar-refractivity contribution in [3.63, 3.8) is 0 Å². The maximum absolute atomic E-state index is 14.9. The molecule has 88 heavy (non-hydrogen) atoms. The third-order valence-corrected chi connectivity index (χ3v) is 16.4. The van der Waals surface area contributed by atoms with Gasteiger partial charge in [0, 0.05) is 51.8 Å². The molecule has 0 aliphatic carbocycles. The Labute approximate surface area is 538 Å². The highest BCUT2D eigenvalue weighted by Gasteiger charge is 2.50. The first-order chi connectivity index (χ1) is 41.2. The van der Waals surface area contributed by atoms with Gasteiger partial charge in [0.2, 0.25) is 17.6 Å². The molecule has 0 saturated carbocycles. The van der Waals surface area contributed by atoms with Gasteiger partial charge in [-0.15, -0.1) is 0 Å². The van der Waals surface area contributed by atoms with Crippen molar-refractivity contribution in [3.8, 4) is 11.1 Å². The standard InChI is InChI=1S/C24H27FN2O4.C20H26FNO5.C11H12BrNO2.C8H10BrN.C2H4BrNO/c1-15(3-12-23(26)29)17-5-7-18(8-6-17)21-11-9-19(13-22(21)25)27-14-20(31-24(27)30)10-4-16(2)28;1-12(23)6-8-14-11-22(18(24)25-14)13-7-9-15(16(21)10-13)17-26-19(2,3)20(4,5)27-17;1-7(6-10(14)11(13)15)8-2-4-9(12)5-3-8;1-6(10)7-2-4-8(9)5-3-7;3-1-2(4)5/h5-9,11,13,15,20H,3-4,10,12,14H2,1-2H3,(H2,26,29);7,9-10,14,17H,6,8,11H2,1-5H3;2-5,7H,6H2,1H3,(H2,13,15);2-6H,10H2,1H3;1H2,(H2,4,5)/t15?,20-;14-;;;/m00.../s1. The number of halogens is 5. The Bertz CT molecular complexity index is 3210. The van der Waals surface area contributed by atoms with Crippen LogP contribution in [0.3, 0.4) is 0 Å². The Morgan fingerprint density at radius 2 is 1.02 bits per heavy atom. The fourth-order valence-electron chi connectivity index (χ4n) is 8.82. The van der Waals surface area contributed by atoms with Gasteiger partial charge in [0.1, 0.15) is 35.4 Å². The number of nitrogens with two attached hydrogens (primary N) is 4.